The number of carbonyl (C=O) groups excluding carboxylic acids is 1. The average molecular weight is 427 g/mol. The number of amides is 1. The fourth-order valence-corrected chi connectivity index (χ4v) is 3.06. The van der Waals surface area contributed by atoms with Crippen molar-refractivity contribution >= 4 is 22.6 Å². The van der Waals surface area contributed by atoms with E-state index in [2.05, 4.69) is 20.6 Å². The molecule has 2 heterocycles. The summed E-state index contributed by atoms with van der Waals surface area (Å²) in [6.45, 7) is 0.692. The molecule has 31 heavy (non-hydrogen) atoms. The summed E-state index contributed by atoms with van der Waals surface area (Å²) in [5, 5.41) is 6.23. The minimum Gasteiger partial charge on any atom is -0.493 e. The maximum atomic E-state index is 12.7. The molecule has 0 saturated heterocycles. The third-order valence-electron chi connectivity index (χ3n) is 4.60. The van der Waals surface area contributed by atoms with Crippen LogP contribution in [0.2, 0.25) is 0 Å². The third kappa shape index (κ3) is 4.92. The Labute approximate surface area is 179 Å². The first-order valence-corrected chi connectivity index (χ1v) is 9.56. The largest absolute Gasteiger partial charge is 0.493 e. The quantitative estimate of drug-likeness (QED) is 0.489. The second-order valence-corrected chi connectivity index (χ2v) is 6.69. The van der Waals surface area contributed by atoms with Crippen molar-refractivity contribution in [1.82, 2.24) is 19.9 Å². The van der Waals surface area contributed by atoms with Crippen molar-refractivity contribution in [2.45, 2.75) is 0 Å². The van der Waals surface area contributed by atoms with E-state index < -0.39 is 0 Å². The van der Waals surface area contributed by atoms with Gasteiger partial charge in [-0.25, -0.2) is 9.97 Å². The van der Waals surface area contributed by atoms with Gasteiger partial charge in [0.1, 0.15) is 17.8 Å². The van der Waals surface area contributed by atoms with Crippen LogP contribution in [0.15, 0.2) is 35.4 Å². The molecule has 2 aromatic heterocycles. The summed E-state index contributed by atoms with van der Waals surface area (Å²) in [7, 11) is 6.21. The number of carbonyl (C=O) groups is 1. The lowest BCUT2D eigenvalue weighted by Crippen LogP contribution is -2.31. The SMILES string of the molecule is COCC(=O)NCCNc1nc(-c2ccc(OC)c(OC)c2)cc2ncn(C)c(=O)c12. The summed E-state index contributed by atoms with van der Waals surface area (Å²) in [6, 6.07) is 7.20. The number of nitrogens with one attached hydrogen (secondary N) is 2. The summed E-state index contributed by atoms with van der Waals surface area (Å²) in [5.74, 6) is 1.33. The second-order valence-electron chi connectivity index (χ2n) is 6.69. The molecule has 0 fully saturated rings. The van der Waals surface area contributed by atoms with Crippen molar-refractivity contribution in [3.05, 3.63) is 40.9 Å². The minimum atomic E-state index is -0.223. The summed E-state index contributed by atoms with van der Waals surface area (Å²) in [5.41, 5.74) is 1.68. The van der Waals surface area contributed by atoms with Crippen LogP contribution in [-0.2, 0) is 16.6 Å². The molecule has 10 nitrogen and oxygen atoms in total. The van der Waals surface area contributed by atoms with Crippen LogP contribution in [0.5, 0.6) is 11.5 Å². The van der Waals surface area contributed by atoms with Gasteiger partial charge in [0, 0.05) is 32.8 Å². The van der Waals surface area contributed by atoms with Gasteiger partial charge in [0.15, 0.2) is 11.5 Å². The molecule has 0 aliphatic rings. The fraction of sp³-hybridized carbons (Fsp3) is 0.333. The number of anilines is 1. The van der Waals surface area contributed by atoms with Crippen molar-refractivity contribution < 1.29 is 19.0 Å². The van der Waals surface area contributed by atoms with E-state index in [0.29, 0.717) is 47.0 Å². The molecule has 10 heteroatoms. The number of methoxy groups -OCH3 is 3. The van der Waals surface area contributed by atoms with Gasteiger partial charge in [-0.15, -0.1) is 0 Å². The topological polar surface area (TPSA) is 117 Å². The predicted molar refractivity (Wildman–Crippen MR) is 117 cm³/mol. The number of ether oxygens (including phenoxy) is 3. The Hall–Kier alpha value is -3.66. The van der Waals surface area contributed by atoms with Crippen LogP contribution >= 0.6 is 0 Å². The van der Waals surface area contributed by atoms with Crippen LogP contribution in [0.4, 0.5) is 5.82 Å². The molecule has 0 aliphatic heterocycles. The normalized spacial score (nSPS) is 10.7. The molecule has 0 unspecified atom stereocenters. The van der Waals surface area contributed by atoms with E-state index in [0.717, 1.165) is 5.56 Å². The maximum absolute atomic E-state index is 12.7. The van der Waals surface area contributed by atoms with Gasteiger partial charge in [0.05, 0.1) is 31.8 Å². The van der Waals surface area contributed by atoms with Crippen molar-refractivity contribution in [3.63, 3.8) is 0 Å². The number of nitrogens with zero attached hydrogens (tertiary/aromatic N) is 3. The highest BCUT2D eigenvalue weighted by Crippen LogP contribution is 2.33. The summed E-state index contributed by atoms with van der Waals surface area (Å²) >= 11 is 0. The molecule has 0 bridgehead atoms. The van der Waals surface area contributed by atoms with Crippen LogP contribution < -0.4 is 25.7 Å². The monoisotopic (exact) mass is 427 g/mol. The number of pyridine rings is 1. The summed E-state index contributed by atoms with van der Waals surface area (Å²) in [6.07, 6.45) is 1.47. The zero-order chi connectivity index (χ0) is 22.4. The van der Waals surface area contributed by atoms with Crippen LogP contribution in [-0.4, -0.2) is 61.5 Å². The molecule has 0 saturated carbocycles. The zero-order valence-corrected chi connectivity index (χ0v) is 17.9. The molecule has 3 rings (SSSR count). The molecule has 1 aromatic carbocycles. The molecule has 0 spiro atoms. The highest BCUT2D eigenvalue weighted by Gasteiger charge is 2.14. The minimum absolute atomic E-state index is 0.0135. The smallest absolute Gasteiger partial charge is 0.264 e. The molecule has 0 radical (unpaired) electrons. The molecule has 3 aromatic rings. The van der Waals surface area contributed by atoms with E-state index in [1.807, 2.05) is 12.1 Å². The van der Waals surface area contributed by atoms with E-state index in [4.69, 9.17) is 14.2 Å². The number of hydrogen-bond acceptors (Lipinski definition) is 8. The molecule has 2 N–H and O–H groups in total. The molecule has 0 aliphatic carbocycles. The van der Waals surface area contributed by atoms with Gasteiger partial charge in [-0.05, 0) is 24.3 Å². The zero-order valence-electron chi connectivity index (χ0n) is 17.9. The average Bonchev–Trinajstić information content (AvgIpc) is 2.78. The number of rotatable bonds is 9. The molecular weight excluding hydrogens is 402 g/mol. The number of fused-ring (bicyclic) bond motifs is 1. The van der Waals surface area contributed by atoms with Crippen LogP contribution in [0.3, 0.4) is 0 Å². The lowest BCUT2D eigenvalue weighted by molar-refractivity contribution is -0.124. The Morgan fingerprint density at radius 3 is 2.58 bits per heavy atom. The van der Waals surface area contributed by atoms with Gasteiger partial charge in [0.2, 0.25) is 5.91 Å². The van der Waals surface area contributed by atoms with Crippen molar-refractivity contribution in [2.24, 2.45) is 7.05 Å². The maximum Gasteiger partial charge on any atom is 0.264 e. The number of hydrogen-bond donors (Lipinski definition) is 2. The van der Waals surface area contributed by atoms with Crippen LogP contribution in [0.1, 0.15) is 0 Å². The lowest BCUT2D eigenvalue weighted by atomic mass is 10.1. The van der Waals surface area contributed by atoms with Crippen molar-refractivity contribution in [2.75, 3.05) is 46.3 Å². The molecule has 164 valence electrons. The Kier molecular flexibility index (Phi) is 7.03. The Morgan fingerprint density at radius 2 is 1.87 bits per heavy atom. The highest BCUT2D eigenvalue weighted by atomic mass is 16.5. The van der Waals surface area contributed by atoms with Gasteiger partial charge in [0.25, 0.3) is 5.56 Å². The van der Waals surface area contributed by atoms with E-state index in [1.54, 1.807) is 33.4 Å². The van der Waals surface area contributed by atoms with Crippen molar-refractivity contribution in [1.29, 1.82) is 0 Å². The number of aromatic nitrogens is 3. The van der Waals surface area contributed by atoms with E-state index in [9.17, 15) is 9.59 Å². The van der Waals surface area contributed by atoms with Crippen LogP contribution in [0, 0.1) is 0 Å². The van der Waals surface area contributed by atoms with Gasteiger partial charge in [-0.1, -0.05) is 0 Å². The first kappa shape index (κ1) is 22.0. The lowest BCUT2D eigenvalue weighted by Gasteiger charge is -2.13. The summed E-state index contributed by atoms with van der Waals surface area (Å²) in [4.78, 5) is 33.3. The van der Waals surface area contributed by atoms with Crippen molar-refractivity contribution in [3.8, 4) is 22.8 Å². The second kappa shape index (κ2) is 9.90. The Morgan fingerprint density at radius 1 is 1.10 bits per heavy atom. The van der Waals surface area contributed by atoms with Gasteiger partial charge in [-0.3, -0.25) is 9.59 Å². The first-order valence-electron chi connectivity index (χ1n) is 9.56. The molecule has 0 atom stereocenters. The van der Waals surface area contributed by atoms with E-state index >= 15 is 0 Å². The van der Waals surface area contributed by atoms with Gasteiger partial charge >= 0.3 is 0 Å². The van der Waals surface area contributed by atoms with E-state index in [-0.39, 0.29) is 18.1 Å². The van der Waals surface area contributed by atoms with Gasteiger partial charge in [-0.2, -0.15) is 0 Å². The Balaban J connectivity index is 1.98. The van der Waals surface area contributed by atoms with Gasteiger partial charge < -0.3 is 29.4 Å². The summed E-state index contributed by atoms with van der Waals surface area (Å²) < 4.78 is 16.9. The molecule has 1 amide bonds. The number of benzene rings is 1. The van der Waals surface area contributed by atoms with E-state index in [1.165, 1.54) is 18.0 Å². The highest BCUT2D eigenvalue weighted by molar-refractivity contribution is 5.91. The standard InChI is InChI=1S/C21H25N5O5/c1-26-12-24-15-10-14(13-5-6-16(30-3)17(9-13)31-4)25-20(19(15)21(26)28)23-8-7-22-18(27)11-29-2/h5-6,9-10,12H,7-8,11H2,1-4H3,(H,22,27)(H,23,25). The fourth-order valence-electron chi connectivity index (χ4n) is 3.06. The Bertz CT molecular complexity index is 1140. The predicted octanol–water partition coefficient (Wildman–Crippen LogP) is 1.19. The number of aryl methyl sites for hydroxylation is 1. The third-order valence-corrected chi connectivity index (χ3v) is 4.60. The first-order chi connectivity index (χ1) is 15.0. The molecular formula is C21H25N5O5. The van der Waals surface area contributed by atoms with Crippen LogP contribution in [0.25, 0.3) is 22.2 Å².